The monoisotopic (exact) mass is 451 g/mol. The molecule has 0 fully saturated rings. The molecule has 0 aliphatic carbocycles. The van der Waals surface area contributed by atoms with Crippen molar-refractivity contribution >= 4 is 23.3 Å². The molecule has 7 nitrogen and oxygen atoms in total. The smallest absolute Gasteiger partial charge is 0.119 e. The normalized spacial score (nSPS) is 11.8. The Hall–Kier alpha value is -3.29. The number of allylic oxidation sites excluding steroid dienone is 1. The van der Waals surface area contributed by atoms with E-state index in [9.17, 15) is 0 Å². The Morgan fingerprint density at radius 1 is 1.06 bits per heavy atom. The lowest BCUT2D eigenvalue weighted by Gasteiger charge is -2.24. The summed E-state index contributed by atoms with van der Waals surface area (Å²) in [6, 6.07) is 13.5. The quantitative estimate of drug-likeness (QED) is 0.175. The van der Waals surface area contributed by atoms with Gasteiger partial charge in [-0.3, -0.25) is 0 Å². The molecule has 0 radical (unpaired) electrons. The lowest BCUT2D eigenvalue weighted by molar-refractivity contribution is 0.148. The third-order valence-electron chi connectivity index (χ3n) is 5.02. The highest BCUT2D eigenvalue weighted by Gasteiger charge is 2.08. The van der Waals surface area contributed by atoms with Crippen molar-refractivity contribution in [3.63, 3.8) is 0 Å². The minimum Gasteiger partial charge on any atom is -0.493 e. The maximum absolute atomic E-state index is 7.12. The van der Waals surface area contributed by atoms with Gasteiger partial charge in [-0.2, -0.15) is 0 Å². The maximum atomic E-state index is 7.12. The van der Waals surface area contributed by atoms with Crippen LogP contribution in [-0.4, -0.2) is 58.6 Å². The topological polar surface area (TPSA) is 101 Å². The van der Waals surface area contributed by atoms with Gasteiger partial charge in [-0.15, -0.1) is 0 Å². The van der Waals surface area contributed by atoms with Crippen LogP contribution in [0, 0.1) is 5.41 Å². The van der Waals surface area contributed by atoms with Crippen LogP contribution in [0.5, 0.6) is 5.75 Å². The Morgan fingerprint density at radius 3 is 2.64 bits per heavy atom. The molecule has 0 amide bonds. The van der Waals surface area contributed by atoms with Crippen LogP contribution in [0.2, 0.25) is 0 Å². The predicted molar refractivity (Wildman–Crippen MR) is 139 cm³/mol. The molecule has 0 aliphatic heterocycles. The number of ether oxygens (including phenoxy) is 2. The summed E-state index contributed by atoms with van der Waals surface area (Å²) < 4.78 is 11.7. The van der Waals surface area contributed by atoms with Gasteiger partial charge in [-0.25, -0.2) is 0 Å². The SMILES string of the molecule is CN(C)CCN(C)c1ccc(N)cc1COC/C=C/CCOc1cccc(C(N)=CC=N)c1. The Bertz CT molecular complexity index is 940. The van der Waals surface area contributed by atoms with Gasteiger partial charge in [0.25, 0.3) is 0 Å². The second-order valence-corrected chi connectivity index (χ2v) is 8.05. The van der Waals surface area contributed by atoms with Crippen molar-refractivity contribution in [1.82, 2.24) is 4.90 Å². The average Bonchev–Trinajstić information content (AvgIpc) is 2.79. The van der Waals surface area contributed by atoms with Crippen molar-refractivity contribution in [3.05, 3.63) is 71.8 Å². The number of benzene rings is 2. The summed E-state index contributed by atoms with van der Waals surface area (Å²) >= 11 is 0. The summed E-state index contributed by atoms with van der Waals surface area (Å²) in [4.78, 5) is 4.40. The molecular formula is C26H37N5O2. The number of hydrogen-bond acceptors (Lipinski definition) is 7. The Morgan fingerprint density at radius 2 is 1.88 bits per heavy atom. The summed E-state index contributed by atoms with van der Waals surface area (Å²) in [6.45, 7) is 3.49. The standard InChI is InChI=1S/C26H37N5O2/c1-30(2)14-15-31(3)26-11-10-23(28)18-22(26)20-32-16-5-4-6-17-33-24-9-7-8-21(19-24)25(29)12-13-27/h4-5,7-13,18-19,27H,6,14-17,20,28-29H2,1-3H3/b5-4+,25-12?,27-13?. The summed E-state index contributed by atoms with van der Waals surface area (Å²) in [7, 11) is 6.23. The van der Waals surface area contributed by atoms with Crippen molar-refractivity contribution in [3.8, 4) is 5.75 Å². The number of nitrogens with one attached hydrogen (secondary N) is 1. The number of nitrogens with two attached hydrogens (primary N) is 2. The number of likely N-dealkylation sites (N-methyl/N-ethyl adjacent to an activating group) is 2. The minimum absolute atomic E-state index is 0.505. The highest BCUT2D eigenvalue weighted by molar-refractivity contribution is 5.81. The zero-order valence-electron chi connectivity index (χ0n) is 20.0. The molecule has 2 aromatic rings. The Labute approximate surface area is 197 Å². The predicted octanol–water partition coefficient (Wildman–Crippen LogP) is 3.76. The van der Waals surface area contributed by atoms with Gasteiger partial charge in [0.1, 0.15) is 5.75 Å². The van der Waals surface area contributed by atoms with Crippen molar-refractivity contribution < 1.29 is 9.47 Å². The van der Waals surface area contributed by atoms with E-state index in [1.54, 1.807) is 6.08 Å². The highest BCUT2D eigenvalue weighted by Crippen LogP contribution is 2.23. The highest BCUT2D eigenvalue weighted by atomic mass is 16.5. The van der Waals surface area contributed by atoms with E-state index in [2.05, 4.69) is 43.1 Å². The molecule has 7 heteroatoms. The van der Waals surface area contributed by atoms with E-state index in [4.69, 9.17) is 26.4 Å². The van der Waals surface area contributed by atoms with Gasteiger partial charge in [0.15, 0.2) is 0 Å². The molecular weight excluding hydrogens is 414 g/mol. The lowest BCUT2D eigenvalue weighted by atomic mass is 10.1. The molecule has 5 N–H and O–H groups in total. The Kier molecular flexibility index (Phi) is 11.0. The second-order valence-electron chi connectivity index (χ2n) is 8.05. The summed E-state index contributed by atoms with van der Waals surface area (Å²) in [5, 5.41) is 7.12. The zero-order chi connectivity index (χ0) is 24.1. The molecule has 0 saturated carbocycles. The van der Waals surface area contributed by atoms with Gasteiger partial charge in [-0.1, -0.05) is 24.3 Å². The molecule has 0 atom stereocenters. The average molecular weight is 452 g/mol. The number of hydrogen-bond donors (Lipinski definition) is 3. The first-order valence-corrected chi connectivity index (χ1v) is 11.1. The molecule has 0 unspecified atom stereocenters. The van der Waals surface area contributed by atoms with E-state index in [0.717, 1.165) is 47.8 Å². The van der Waals surface area contributed by atoms with Gasteiger partial charge in [0, 0.05) is 54.6 Å². The summed E-state index contributed by atoms with van der Waals surface area (Å²) in [6.07, 6.45) is 7.56. The van der Waals surface area contributed by atoms with Crippen LogP contribution in [0.15, 0.2) is 60.7 Å². The van der Waals surface area contributed by atoms with Crippen molar-refractivity contribution in [2.75, 3.05) is 58.1 Å². The fraction of sp³-hybridized carbons (Fsp3) is 0.346. The van der Waals surface area contributed by atoms with Crippen LogP contribution >= 0.6 is 0 Å². The fourth-order valence-electron chi connectivity index (χ4n) is 3.18. The van der Waals surface area contributed by atoms with E-state index in [-0.39, 0.29) is 0 Å². The van der Waals surface area contributed by atoms with Crippen LogP contribution in [0.1, 0.15) is 17.5 Å². The molecule has 0 heterocycles. The van der Waals surface area contributed by atoms with E-state index < -0.39 is 0 Å². The molecule has 0 spiro atoms. The van der Waals surface area contributed by atoms with Crippen molar-refractivity contribution in [1.29, 1.82) is 5.41 Å². The van der Waals surface area contributed by atoms with Crippen LogP contribution in [0.3, 0.4) is 0 Å². The largest absolute Gasteiger partial charge is 0.493 e. The number of nitrogen functional groups attached to an aromatic ring is 1. The summed E-state index contributed by atoms with van der Waals surface area (Å²) in [5.41, 5.74) is 16.3. The number of nitrogens with zero attached hydrogens (tertiary/aromatic N) is 2. The molecule has 33 heavy (non-hydrogen) atoms. The molecule has 2 rings (SSSR count). The van der Waals surface area contributed by atoms with E-state index >= 15 is 0 Å². The minimum atomic E-state index is 0.505. The van der Waals surface area contributed by atoms with Crippen molar-refractivity contribution in [2.45, 2.75) is 13.0 Å². The Balaban J connectivity index is 1.75. The first-order chi connectivity index (χ1) is 15.9. The molecule has 0 aliphatic rings. The molecule has 178 valence electrons. The van der Waals surface area contributed by atoms with Crippen LogP contribution in [-0.2, 0) is 11.3 Å². The van der Waals surface area contributed by atoms with E-state index in [1.807, 2.05) is 42.5 Å². The first kappa shape index (κ1) is 26.0. The molecule has 2 aromatic carbocycles. The summed E-state index contributed by atoms with van der Waals surface area (Å²) in [5.74, 6) is 0.756. The van der Waals surface area contributed by atoms with E-state index in [0.29, 0.717) is 25.5 Å². The third kappa shape index (κ3) is 9.39. The first-order valence-electron chi connectivity index (χ1n) is 11.1. The van der Waals surface area contributed by atoms with Crippen LogP contribution in [0.25, 0.3) is 5.70 Å². The number of rotatable bonds is 14. The zero-order valence-corrected chi connectivity index (χ0v) is 20.0. The van der Waals surface area contributed by atoms with Gasteiger partial charge in [0.2, 0.25) is 0 Å². The van der Waals surface area contributed by atoms with Crippen LogP contribution in [0.4, 0.5) is 11.4 Å². The van der Waals surface area contributed by atoms with Crippen LogP contribution < -0.4 is 21.1 Å². The van der Waals surface area contributed by atoms with Gasteiger partial charge >= 0.3 is 0 Å². The molecule has 0 bridgehead atoms. The molecule has 0 saturated heterocycles. The molecule has 0 aromatic heterocycles. The lowest BCUT2D eigenvalue weighted by Crippen LogP contribution is -2.29. The van der Waals surface area contributed by atoms with Gasteiger partial charge in [0.05, 0.1) is 19.8 Å². The second kappa shape index (κ2) is 14.0. The van der Waals surface area contributed by atoms with Gasteiger partial charge < -0.3 is 36.2 Å². The maximum Gasteiger partial charge on any atom is 0.119 e. The van der Waals surface area contributed by atoms with Crippen molar-refractivity contribution in [2.24, 2.45) is 5.73 Å². The third-order valence-corrected chi connectivity index (χ3v) is 5.02. The van der Waals surface area contributed by atoms with Gasteiger partial charge in [-0.05, 0) is 56.9 Å². The number of anilines is 2. The van der Waals surface area contributed by atoms with E-state index in [1.165, 1.54) is 6.21 Å². The fourth-order valence-corrected chi connectivity index (χ4v) is 3.18.